The van der Waals surface area contributed by atoms with Gasteiger partial charge >= 0.3 is 0 Å². The van der Waals surface area contributed by atoms with Crippen LogP contribution in [0.3, 0.4) is 0 Å². The molecule has 2 heterocycles. The highest BCUT2D eigenvalue weighted by Gasteiger charge is 2.50. The Kier molecular flexibility index (Phi) is 4.32. The fourth-order valence-corrected chi connectivity index (χ4v) is 4.21. The molecule has 121 valence electrons. The van der Waals surface area contributed by atoms with Crippen LogP contribution in [0.15, 0.2) is 0 Å². The number of likely N-dealkylation sites (tertiary alicyclic amines) is 1. The number of hydrogen-bond donors (Lipinski definition) is 1. The van der Waals surface area contributed by atoms with Crippen LogP contribution in [0.2, 0.25) is 0 Å². The number of carbonyl (C=O) groups is 3. The molecule has 0 aromatic heterocycles. The summed E-state index contributed by atoms with van der Waals surface area (Å²) in [6.45, 7) is 0.753. The lowest BCUT2D eigenvalue weighted by Crippen LogP contribution is -2.46. The van der Waals surface area contributed by atoms with Crippen molar-refractivity contribution >= 4 is 18.0 Å². The molecule has 0 spiro atoms. The summed E-state index contributed by atoms with van der Waals surface area (Å²) in [4.78, 5) is 37.5. The number of Topliss-reactive ketones (excluding diaryl/α,β-unsaturated/α-hetero) is 1. The maximum Gasteiger partial charge on any atom is 0.223 e. The lowest BCUT2D eigenvalue weighted by molar-refractivity contribution is -0.130. The second kappa shape index (κ2) is 6.08. The van der Waals surface area contributed by atoms with Crippen LogP contribution >= 0.6 is 0 Å². The van der Waals surface area contributed by atoms with E-state index in [-0.39, 0.29) is 30.4 Å². The first-order chi connectivity index (χ1) is 10.6. The van der Waals surface area contributed by atoms with E-state index >= 15 is 0 Å². The standard InChI is InChI=1S/C16H23N2O4/c17-15(21)16(5-2-1-3-6-16)8-11(9-19)18-7-4-13-14(18)12(20)10-22-13/h9,13-14H,1-8,10H2,(H2,17,21). The molecule has 22 heavy (non-hydrogen) atoms. The number of nitrogens with two attached hydrogens (primary N) is 1. The molecule has 3 rings (SSSR count). The molecule has 0 aromatic carbocycles. The summed E-state index contributed by atoms with van der Waals surface area (Å²) in [5.41, 5.74) is 5.03. The monoisotopic (exact) mass is 307 g/mol. The van der Waals surface area contributed by atoms with Gasteiger partial charge in [-0.3, -0.25) is 14.5 Å². The molecule has 3 fully saturated rings. The number of primary amides is 1. The number of nitrogens with zero attached hydrogens (tertiary/aromatic N) is 1. The van der Waals surface area contributed by atoms with Crippen molar-refractivity contribution in [3.63, 3.8) is 0 Å². The van der Waals surface area contributed by atoms with E-state index in [4.69, 9.17) is 10.5 Å². The highest BCUT2D eigenvalue weighted by Crippen LogP contribution is 2.43. The molecule has 1 radical (unpaired) electrons. The van der Waals surface area contributed by atoms with E-state index in [0.717, 1.165) is 44.8 Å². The highest BCUT2D eigenvalue weighted by molar-refractivity contribution is 5.89. The second-order valence-electron chi connectivity index (χ2n) is 6.73. The van der Waals surface area contributed by atoms with Gasteiger partial charge in [-0.2, -0.15) is 0 Å². The van der Waals surface area contributed by atoms with Crippen LogP contribution in [-0.2, 0) is 19.1 Å². The molecule has 1 saturated carbocycles. The Morgan fingerprint density at radius 1 is 1.36 bits per heavy atom. The van der Waals surface area contributed by atoms with Crippen LogP contribution in [-0.4, -0.2) is 48.2 Å². The molecule has 0 bridgehead atoms. The molecule has 2 aliphatic heterocycles. The average molecular weight is 307 g/mol. The number of hydrogen-bond acceptors (Lipinski definition) is 5. The molecule has 6 nitrogen and oxygen atoms in total. The Morgan fingerprint density at radius 3 is 2.73 bits per heavy atom. The van der Waals surface area contributed by atoms with Gasteiger partial charge in [0.25, 0.3) is 0 Å². The van der Waals surface area contributed by atoms with Crippen LogP contribution in [0.4, 0.5) is 0 Å². The summed E-state index contributed by atoms with van der Waals surface area (Å²) in [6.07, 6.45) is 6.27. The quantitative estimate of drug-likeness (QED) is 0.751. The van der Waals surface area contributed by atoms with E-state index < -0.39 is 5.41 Å². The van der Waals surface area contributed by atoms with Gasteiger partial charge in [0.1, 0.15) is 18.9 Å². The van der Waals surface area contributed by atoms with Crippen molar-refractivity contribution < 1.29 is 19.1 Å². The van der Waals surface area contributed by atoms with Crippen LogP contribution < -0.4 is 5.73 Å². The Morgan fingerprint density at radius 2 is 2.09 bits per heavy atom. The van der Waals surface area contributed by atoms with Gasteiger partial charge in [0.05, 0.1) is 17.6 Å². The number of aldehydes is 1. The van der Waals surface area contributed by atoms with E-state index in [1.54, 1.807) is 0 Å². The number of ether oxygens (including phenoxy) is 1. The maximum atomic E-state index is 12.0. The number of ketones is 1. The van der Waals surface area contributed by atoms with Crippen LogP contribution in [0.25, 0.3) is 0 Å². The molecule has 0 aromatic rings. The predicted molar refractivity (Wildman–Crippen MR) is 78.5 cm³/mol. The maximum absolute atomic E-state index is 12.0. The number of rotatable bonds is 5. The van der Waals surface area contributed by atoms with Crippen molar-refractivity contribution in [3.05, 3.63) is 6.04 Å². The largest absolute Gasteiger partial charge is 0.369 e. The van der Waals surface area contributed by atoms with Gasteiger partial charge in [0.2, 0.25) is 5.91 Å². The van der Waals surface area contributed by atoms with Gasteiger partial charge in [-0.15, -0.1) is 0 Å². The third-order valence-corrected chi connectivity index (χ3v) is 5.47. The smallest absolute Gasteiger partial charge is 0.223 e. The van der Waals surface area contributed by atoms with Crippen LogP contribution in [0.1, 0.15) is 44.9 Å². The molecular weight excluding hydrogens is 284 g/mol. The first-order valence-corrected chi connectivity index (χ1v) is 8.09. The fourth-order valence-electron chi connectivity index (χ4n) is 4.21. The van der Waals surface area contributed by atoms with Crippen LogP contribution in [0.5, 0.6) is 0 Å². The van der Waals surface area contributed by atoms with Gasteiger partial charge < -0.3 is 15.3 Å². The second-order valence-corrected chi connectivity index (χ2v) is 6.73. The molecule has 2 unspecified atom stereocenters. The SMILES string of the molecule is NC(=O)C1(C[C](C=O)N2CCC3OCC(=O)C32)CCCCC1. The third kappa shape index (κ3) is 2.58. The normalized spacial score (nSPS) is 31.4. The first kappa shape index (κ1) is 15.6. The van der Waals surface area contributed by atoms with Crippen molar-refractivity contribution in [1.29, 1.82) is 0 Å². The average Bonchev–Trinajstić information content (AvgIpc) is 3.09. The third-order valence-electron chi connectivity index (χ3n) is 5.47. The molecular formula is C16H23N2O4. The summed E-state index contributed by atoms with van der Waals surface area (Å²) in [6, 6.07) is 0.181. The fraction of sp³-hybridized carbons (Fsp3) is 0.750. The molecule has 6 heteroatoms. The van der Waals surface area contributed by atoms with Crippen molar-refractivity contribution in [2.75, 3.05) is 13.2 Å². The number of fused-ring (bicyclic) bond motifs is 1. The van der Waals surface area contributed by atoms with Crippen LogP contribution in [0, 0.1) is 11.5 Å². The van der Waals surface area contributed by atoms with Gasteiger partial charge in [-0.05, 0) is 25.7 Å². The van der Waals surface area contributed by atoms with E-state index in [0.29, 0.717) is 19.0 Å². The van der Waals surface area contributed by atoms with E-state index in [1.165, 1.54) is 0 Å². The van der Waals surface area contributed by atoms with Gasteiger partial charge in [0, 0.05) is 6.54 Å². The lowest BCUT2D eigenvalue weighted by Gasteiger charge is -2.38. The molecule has 3 aliphatic rings. The molecule has 2 saturated heterocycles. The van der Waals surface area contributed by atoms with Gasteiger partial charge in [0.15, 0.2) is 5.78 Å². The Bertz CT molecular complexity index is 473. The van der Waals surface area contributed by atoms with E-state index in [1.807, 2.05) is 4.90 Å². The number of carbonyl (C=O) groups excluding carboxylic acids is 3. The summed E-state index contributed by atoms with van der Waals surface area (Å²) in [5.74, 6) is -0.296. The van der Waals surface area contributed by atoms with Crippen molar-refractivity contribution in [2.24, 2.45) is 11.1 Å². The lowest BCUT2D eigenvalue weighted by atomic mass is 9.69. The van der Waals surface area contributed by atoms with E-state index in [2.05, 4.69) is 0 Å². The summed E-state index contributed by atoms with van der Waals surface area (Å²) >= 11 is 0. The van der Waals surface area contributed by atoms with Gasteiger partial charge in [-0.1, -0.05) is 19.3 Å². The zero-order valence-electron chi connectivity index (χ0n) is 12.8. The number of amides is 1. The Hall–Kier alpha value is -1.27. The minimum atomic E-state index is -0.630. The zero-order chi connectivity index (χ0) is 15.7. The summed E-state index contributed by atoms with van der Waals surface area (Å²) in [5, 5.41) is 0. The summed E-state index contributed by atoms with van der Waals surface area (Å²) < 4.78 is 5.46. The Balaban J connectivity index is 1.77. The minimum Gasteiger partial charge on any atom is -0.369 e. The van der Waals surface area contributed by atoms with Gasteiger partial charge in [-0.25, -0.2) is 0 Å². The first-order valence-electron chi connectivity index (χ1n) is 8.09. The van der Waals surface area contributed by atoms with Crippen molar-refractivity contribution in [3.8, 4) is 0 Å². The Labute approximate surface area is 130 Å². The molecule has 1 aliphatic carbocycles. The van der Waals surface area contributed by atoms with E-state index in [9.17, 15) is 14.4 Å². The molecule has 1 amide bonds. The predicted octanol–water partition coefficient (Wildman–Crippen LogP) is 0.585. The highest BCUT2D eigenvalue weighted by atomic mass is 16.5. The molecule has 2 atom stereocenters. The minimum absolute atomic E-state index is 0.0265. The van der Waals surface area contributed by atoms with Crippen molar-refractivity contribution in [2.45, 2.75) is 57.1 Å². The topological polar surface area (TPSA) is 89.7 Å². The van der Waals surface area contributed by atoms with Crippen molar-refractivity contribution in [1.82, 2.24) is 4.90 Å². The zero-order valence-corrected chi connectivity index (χ0v) is 12.8. The molecule has 2 N–H and O–H groups in total. The summed E-state index contributed by atoms with van der Waals surface area (Å²) in [7, 11) is 0.